The monoisotopic (exact) mass is 158 g/mol. The molecule has 0 saturated carbocycles. The molecule has 0 rings (SSSR count). The lowest BCUT2D eigenvalue weighted by molar-refractivity contribution is -0.127. The SMILES string of the molecule is CNC(NC)C(=O)CC(C)=O. The minimum Gasteiger partial charge on any atom is -0.300 e. The number of Topliss-reactive ketones (excluding diaryl/α,β-unsaturated/α-hetero) is 2. The molecule has 0 radical (unpaired) electrons. The van der Waals surface area contributed by atoms with Crippen molar-refractivity contribution in [3.8, 4) is 0 Å². The molecule has 0 aromatic rings. The standard InChI is InChI=1S/C7H14N2O2/c1-5(10)4-6(11)7(8-2)9-3/h7-9H,4H2,1-3H3. The normalized spacial score (nSPS) is 10.2. The highest BCUT2D eigenvalue weighted by Gasteiger charge is 2.14. The fraction of sp³-hybridized carbons (Fsp3) is 0.714. The highest BCUT2D eigenvalue weighted by Crippen LogP contribution is 1.88. The van der Waals surface area contributed by atoms with Crippen molar-refractivity contribution in [3.05, 3.63) is 0 Å². The van der Waals surface area contributed by atoms with Crippen LogP contribution in [-0.4, -0.2) is 31.8 Å². The lowest BCUT2D eigenvalue weighted by atomic mass is 10.2. The molecular formula is C7H14N2O2. The van der Waals surface area contributed by atoms with Crippen molar-refractivity contribution in [1.82, 2.24) is 10.6 Å². The minimum atomic E-state index is -0.404. The van der Waals surface area contributed by atoms with Gasteiger partial charge in [0, 0.05) is 0 Å². The minimum absolute atomic E-state index is 0.00759. The summed E-state index contributed by atoms with van der Waals surface area (Å²) in [4.78, 5) is 21.6. The van der Waals surface area contributed by atoms with Crippen LogP contribution < -0.4 is 10.6 Å². The van der Waals surface area contributed by atoms with Crippen LogP contribution in [0, 0.1) is 0 Å². The number of hydrogen-bond acceptors (Lipinski definition) is 4. The van der Waals surface area contributed by atoms with Crippen molar-refractivity contribution in [3.63, 3.8) is 0 Å². The Kier molecular flexibility index (Phi) is 4.65. The Bertz CT molecular complexity index is 153. The van der Waals surface area contributed by atoms with Crippen LogP contribution in [0.25, 0.3) is 0 Å². The van der Waals surface area contributed by atoms with Crippen molar-refractivity contribution in [2.24, 2.45) is 0 Å². The van der Waals surface area contributed by atoms with Gasteiger partial charge in [0.2, 0.25) is 0 Å². The summed E-state index contributed by atoms with van der Waals surface area (Å²) >= 11 is 0. The Morgan fingerprint density at radius 3 is 2.00 bits per heavy atom. The summed E-state index contributed by atoms with van der Waals surface area (Å²) < 4.78 is 0. The largest absolute Gasteiger partial charge is 0.300 e. The highest BCUT2D eigenvalue weighted by atomic mass is 16.1. The number of nitrogens with one attached hydrogen (secondary N) is 2. The third-order valence-electron chi connectivity index (χ3n) is 1.32. The molecule has 64 valence electrons. The zero-order chi connectivity index (χ0) is 8.85. The topological polar surface area (TPSA) is 58.2 Å². The molecule has 0 saturated heterocycles. The van der Waals surface area contributed by atoms with E-state index in [0.29, 0.717) is 0 Å². The Hall–Kier alpha value is -0.740. The van der Waals surface area contributed by atoms with Gasteiger partial charge in [-0.2, -0.15) is 0 Å². The van der Waals surface area contributed by atoms with Gasteiger partial charge < -0.3 is 0 Å². The summed E-state index contributed by atoms with van der Waals surface area (Å²) in [7, 11) is 3.33. The van der Waals surface area contributed by atoms with Crippen molar-refractivity contribution >= 4 is 11.6 Å². The first-order valence-electron chi connectivity index (χ1n) is 3.48. The Morgan fingerprint density at radius 2 is 1.73 bits per heavy atom. The molecule has 4 nitrogen and oxygen atoms in total. The third-order valence-corrected chi connectivity index (χ3v) is 1.32. The van der Waals surface area contributed by atoms with Gasteiger partial charge in [0.15, 0.2) is 5.78 Å². The molecule has 0 spiro atoms. The van der Waals surface area contributed by atoms with Crippen molar-refractivity contribution in [1.29, 1.82) is 0 Å². The van der Waals surface area contributed by atoms with Gasteiger partial charge in [0.25, 0.3) is 0 Å². The molecule has 0 bridgehead atoms. The molecule has 0 amide bonds. The van der Waals surface area contributed by atoms with Crippen LogP contribution in [-0.2, 0) is 9.59 Å². The molecule has 0 heterocycles. The zero-order valence-corrected chi connectivity index (χ0v) is 7.10. The molecule has 0 atom stereocenters. The first-order valence-corrected chi connectivity index (χ1v) is 3.48. The summed E-state index contributed by atoms with van der Waals surface area (Å²) in [5, 5.41) is 5.49. The predicted octanol–water partition coefficient (Wildman–Crippen LogP) is -0.701. The number of rotatable bonds is 5. The van der Waals surface area contributed by atoms with E-state index in [1.807, 2.05) is 0 Å². The summed E-state index contributed by atoms with van der Waals surface area (Å²) in [5.74, 6) is -0.229. The van der Waals surface area contributed by atoms with E-state index in [1.54, 1.807) is 14.1 Å². The van der Waals surface area contributed by atoms with E-state index in [2.05, 4.69) is 10.6 Å². The summed E-state index contributed by atoms with van der Waals surface area (Å²) in [6, 6.07) is 0. The number of likely N-dealkylation sites (N-methyl/N-ethyl adjacent to an activating group) is 2. The van der Waals surface area contributed by atoms with E-state index >= 15 is 0 Å². The lowest BCUT2D eigenvalue weighted by Crippen LogP contribution is -2.45. The first kappa shape index (κ1) is 10.3. The first-order chi connectivity index (χ1) is 5.11. The van der Waals surface area contributed by atoms with E-state index in [0.717, 1.165) is 0 Å². The molecule has 0 aromatic carbocycles. The molecule has 0 aromatic heterocycles. The maximum absolute atomic E-state index is 11.1. The molecule has 0 unspecified atom stereocenters. The highest BCUT2D eigenvalue weighted by molar-refractivity contribution is 6.00. The molecule has 0 aliphatic rings. The number of ketones is 2. The molecule has 11 heavy (non-hydrogen) atoms. The Balaban J connectivity index is 3.89. The van der Waals surface area contributed by atoms with Crippen molar-refractivity contribution in [2.45, 2.75) is 19.5 Å². The Labute approximate surface area is 66.4 Å². The van der Waals surface area contributed by atoms with Gasteiger partial charge in [-0.25, -0.2) is 0 Å². The molecule has 0 aliphatic heterocycles. The van der Waals surface area contributed by atoms with E-state index in [1.165, 1.54) is 6.92 Å². The van der Waals surface area contributed by atoms with Gasteiger partial charge in [0.1, 0.15) is 11.9 Å². The molecule has 0 fully saturated rings. The van der Waals surface area contributed by atoms with Gasteiger partial charge in [-0.15, -0.1) is 0 Å². The van der Waals surface area contributed by atoms with Crippen LogP contribution in [0.1, 0.15) is 13.3 Å². The maximum Gasteiger partial charge on any atom is 0.171 e. The van der Waals surface area contributed by atoms with Crippen LogP contribution in [0.2, 0.25) is 0 Å². The van der Waals surface area contributed by atoms with E-state index in [4.69, 9.17) is 0 Å². The average Bonchev–Trinajstić information content (AvgIpc) is 1.88. The molecule has 2 N–H and O–H groups in total. The number of carbonyl (C=O) groups is 2. The van der Waals surface area contributed by atoms with Crippen LogP contribution in [0.3, 0.4) is 0 Å². The summed E-state index contributed by atoms with van der Waals surface area (Å²) in [6.45, 7) is 1.40. The second kappa shape index (κ2) is 4.98. The summed E-state index contributed by atoms with van der Waals surface area (Å²) in [6.07, 6.45) is -0.411. The zero-order valence-electron chi connectivity index (χ0n) is 7.10. The maximum atomic E-state index is 11.1. The van der Waals surface area contributed by atoms with Gasteiger partial charge in [-0.3, -0.25) is 20.2 Å². The fourth-order valence-corrected chi connectivity index (χ4v) is 0.814. The van der Waals surface area contributed by atoms with Crippen LogP contribution >= 0.6 is 0 Å². The van der Waals surface area contributed by atoms with E-state index < -0.39 is 6.17 Å². The number of carbonyl (C=O) groups excluding carboxylic acids is 2. The second-order valence-electron chi connectivity index (χ2n) is 2.36. The van der Waals surface area contributed by atoms with Crippen LogP contribution in [0.4, 0.5) is 0 Å². The lowest BCUT2D eigenvalue weighted by Gasteiger charge is -2.11. The fourth-order valence-electron chi connectivity index (χ4n) is 0.814. The second-order valence-corrected chi connectivity index (χ2v) is 2.36. The van der Waals surface area contributed by atoms with Crippen molar-refractivity contribution in [2.75, 3.05) is 14.1 Å². The molecular weight excluding hydrogens is 144 g/mol. The Morgan fingerprint density at radius 1 is 1.27 bits per heavy atom. The molecule has 0 aliphatic carbocycles. The van der Waals surface area contributed by atoms with Gasteiger partial charge in [-0.05, 0) is 21.0 Å². The van der Waals surface area contributed by atoms with Gasteiger partial charge >= 0.3 is 0 Å². The smallest absolute Gasteiger partial charge is 0.171 e. The van der Waals surface area contributed by atoms with Crippen LogP contribution in [0.15, 0.2) is 0 Å². The predicted molar refractivity (Wildman–Crippen MR) is 42.2 cm³/mol. The van der Waals surface area contributed by atoms with Crippen molar-refractivity contribution < 1.29 is 9.59 Å². The van der Waals surface area contributed by atoms with Gasteiger partial charge in [-0.1, -0.05) is 0 Å². The van der Waals surface area contributed by atoms with E-state index in [9.17, 15) is 9.59 Å². The molecule has 4 heteroatoms. The quantitative estimate of drug-likeness (QED) is 0.410. The third kappa shape index (κ3) is 3.85. The average molecular weight is 158 g/mol. The van der Waals surface area contributed by atoms with Crippen LogP contribution in [0.5, 0.6) is 0 Å². The summed E-state index contributed by atoms with van der Waals surface area (Å²) in [5.41, 5.74) is 0. The van der Waals surface area contributed by atoms with E-state index in [-0.39, 0.29) is 18.0 Å². The number of hydrogen-bond donors (Lipinski definition) is 2. The van der Waals surface area contributed by atoms with Gasteiger partial charge in [0.05, 0.1) is 6.42 Å².